The SMILES string of the molecule is Cc1ccccc1-c1cc2c(c[n+]1C)C1CCC2C1.Cc1ccccc1-c1cc2c(c[n+]1C)CC1CC2C1.[2H]C1([2H])CC([2H])([2H])c2c1cc[n+](C)c2-c1ccccc1C.[2H]C12CC(Cc3c[n+](C)c(-c4ccccc4C)cc31)C2.[2H]C12CCC([2H])(C1)c1c[n+](C)c(-c3ccccc3C)cc12. The number of aromatic nitrogens is 5. The lowest BCUT2D eigenvalue weighted by molar-refractivity contribution is -0.661. The Hall–Kier alpha value is -8.15. The predicted molar refractivity (Wildman–Crippen MR) is 378 cm³/mol. The maximum absolute atomic E-state index is 8.73. The molecule has 4 saturated carbocycles. The summed E-state index contributed by atoms with van der Waals surface area (Å²) < 4.78 is 69.8. The number of aryl methyl sites for hydroxylation is 11. The third kappa shape index (κ3) is 11.6. The van der Waals surface area contributed by atoms with Gasteiger partial charge in [0.05, 0.1) is 0 Å². The fraction of sp³-hybridized carbons (Fsp3) is 0.375. The first-order chi connectivity index (χ1) is 47.7. The minimum atomic E-state index is -1.66. The first-order valence-corrected chi connectivity index (χ1v) is 34.7. The van der Waals surface area contributed by atoms with Gasteiger partial charge < -0.3 is 0 Å². The van der Waals surface area contributed by atoms with Crippen molar-refractivity contribution in [1.29, 1.82) is 0 Å². The van der Waals surface area contributed by atoms with Crippen LogP contribution in [0.1, 0.15) is 199 Å². The average Bonchev–Trinajstić information content (AvgIpc) is 1.30. The van der Waals surface area contributed by atoms with Gasteiger partial charge in [-0.05, 0) is 264 Å². The van der Waals surface area contributed by atoms with Crippen molar-refractivity contribution in [2.24, 2.45) is 47.1 Å². The molecular weight excluding hydrogens is 1130 g/mol. The van der Waals surface area contributed by atoms with Gasteiger partial charge in [-0.2, -0.15) is 0 Å². The van der Waals surface area contributed by atoms with Crippen molar-refractivity contribution in [3.8, 4) is 56.3 Å². The van der Waals surface area contributed by atoms with E-state index in [4.69, 9.17) is 9.60 Å². The van der Waals surface area contributed by atoms with Gasteiger partial charge in [-0.15, -0.1) is 0 Å². The van der Waals surface area contributed by atoms with Gasteiger partial charge in [0.1, 0.15) is 35.2 Å². The van der Waals surface area contributed by atoms with Crippen molar-refractivity contribution in [2.45, 2.75) is 166 Å². The molecular formula is C88H98N5+5. The molecule has 5 aromatic heterocycles. The summed E-state index contributed by atoms with van der Waals surface area (Å²) in [4.78, 5) is 0. The zero-order chi connectivity index (χ0) is 70.1. The summed E-state index contributed by atoms with van der Waals surface area (Å²) in [6, 6.07) is 53.2. The van der Waals surface area contributed by atoms with E-state index >= 15 is 0 Å². The van der Waals surface area contributed by atoms with E-state index in [1.54, 1.807) is 28.3 Å². The van der Waals surface area contributed by atoms with Gasteiger partial charge in [0, 0.05) is 95.6 Å². The predicted octanol–water partition coefficient (Wildman–Crippen LogP) is 17.8. The van der Waals surface area contributed by atoms with E-state index in [1.165, 1.54) is 111 Å². The van der Waals surface area contributed by atoms with Gasteiger partial charge in [0.15, 0.2) is 31.0 Å². The number of hydrogen-bond donors (Lipinski definition) is 0. The molecule has 470 valence electrons. The van der Waals surface area contributed by atoms with E-state index in [9.17, 15) is 0 Å². The Morgan fingerprint density at radius 2 is 0.763 bits per heavy atom. The van der Waals surface area contributed by atoms with Crippen LogP contribution >= 0.6 is 0 Å². The highest BCUT2D eigenvalue weighted by molar-refractivity contribution is 5.68. The molecule has 5 heteroatoms. The van der Waals surface area contributed by atoms with Crippen molar-refractivity contribution < 1.29 is 32.4 Å². The van der Waals surface area contributed by atoms with Gasteiger partial charge in [-0.1, -0.05) is 91.0 Å². The number of fused-ring (bicyclic) bond motifs is 11. The van der Waals surface area contributed by atoms with Crippen molar-refractivity contribution >= 4 is 0 Å². The largest absolute Gasteiger partial charge is 0.216 e. The second-order valence-electron chi connectivity index (χ2n) is 28.8. The smallest absolute Gasteiger partial charge is 0.201 e. The molecule has 0 radical (unpaired) electrons. The number of hydrogen-bond acceptors (Lipinski definition) is 0. The molecule has 4 fully saturated rings. The van der Waals surface area contributed by atoms with Crippen molar-refractivity contribution in [3.63, 3.8) is 0 Å². The van der Waals surface area contributed by atoms with Gasteiger partial charge in [0.25, 0.3) is 0 Å². The summed E-state index contributed by atoms with van der Waals surface area (Å²) >= 11 is 0. The van der Waals surface area contributed by atoms with Crippen LogP contribution in [0.4, 0.5) is 0 Å². The molecule has 5 nitrogen and oxygen atoms in total. The van der Waals surface area contributed by atoms with E-state index in [-0.39, 0.29) is 12.3 Å². The molecule has 11 aliphatic carbocycles. The zero-order valence-corrected chi connectivity index (χ0v) is 56.6. The molecule has 11 aliphatic rings. The summed E-state index contributed by atoms with van der Waals surface area (Å²) in [5.74, 6) is 2.89. The monoisotopic (exact) mass is 1230 g/mol. The Morgan fingerprint density at radius 1 is 0.344 bits per heavy atom. The topological polar surface area (TPSA) is 19.4 Å². The molecule has 93 heavy (non-hydrogen) atoms. The van der Waals surface area contributed by atoms with Crippen LogP contribution < -0.4 is 22.8 Å². The summed E-state index contributed by atoms with van der Waals surface area (Å²) in [5, 5.41) is 0. The fourth-order valence-corrected chi connectivity index (χ4v) is 17.5. The maximum atomic E-state index is 8.73. The number of rotatable bonds is 5. The van der Waals surface area contributed by atoms with E-state index < -0.39 is 24.5 Å². The van der Waals surface area contributed by atoms with Gasteiger partial charge in [-0.25, -0.2) is 22.8 Å². The van der Waals surface area contributed by atoms with Crippen LogP contribution in [0, 0.1) is 46.5 Å². The second-order valence-corrected chi connectivity index (χ2v) is 28.8. The Labute approximate surface area is 565 Å². The second kappa shape index (κ2) is 25.3. The fourth-order valence-electron chi connectivity index (χ4n) is 17.5. The Balaban J connectivity index is 0.000000102. The molecule has 5 aromatic carbocycles. The highest BCUT2D eigenvalue weighted by atomic mass is 14.9. The molecule has 0 amide bonds. The molecule has 0 saturated heterocycles. The van der Waals surface area contributed by atoms with E-state index in [1.807, 2.05) is 56.0 Å². The first kappa shape index (κ1) is 53.2. The minimum absolute atomic E-state index is 0.127. The molecule has 0 aliphatic heterocycles. The van der Waals surface area contributed by atoms with Gasteiger partial charge >= 0.3 is 0 Å². The third-order valence-electron chi connectivity index (χ3n) is 22.7. The normalized spacial score (nSPS) is 26.4. The lowest BCUT2D eigenvalue weighted by Crippen LogP contribution is -2.37. The van der Waals surface area contributed by atoms with Crippen LogP contribution in [-0.2, 0) is 60.8 Å². The third-order valence-corrected chi connectivity index (χ3v) is 22.7. The zero-order valence-electron chi connectivity index (χ0n) is 63.6. The molecule has 0 N–H and O–H groups in total. The molecule has 10 aromatic rings. The quantitative estimate of drug-likeness (QED) is 0.153. The van der Waals surface area contributed by atoms with Crippen molar-refractivity contribution in [2.75, 3.05) is 0 Å². The molecule has 0 spiro atoms. The van der Waals surface area contributed by atoms with Crippen LogP contribution in [0.15, 0.2) is 183 Å². The molecule has 8 bridgehead atoms. The average molecular weight is 1230 g/mol. The Kier molecular flexibility index (Phi) is 14.5. The summed E-state index contributed by atoms with van der Waals surface area (Å²) in [6.45, 7) is 10.7. The summed E-state index contributed by atoms with van der Waals surface area (Å²) in [6.07, 6.45) is 21.5. The number of benzene rings is 5. The van der Waals surface area contributed by atoms with Crippen LogP contribution in [0.25, 0.3) is 56.3 Å². The van der Waals surface area contributed by atoms with Gasteiger partial charge in [0.2, 0.25) is 28.5 Å². The van der Waals surface area contributed by atoms with Crippen LogP contribution in [0.2, 0.25) is 0 Å². The standard InChI is InChI=1S/4C18H20N.C16H18N/c2*1-12-5-3-4-6-16(12)18-10-17-14-7-13(8-14)9-15(17)11-19(18)2;2*1-12-5-3-4-6-15(12)18-10-16-13-7-8-14(9-13)17(16)11-19(18)2;1-12-6-3-4-8-14(12)16-15-9-5-7-13(15)10-11-17(16)2/h4*3-6,10-11,13-14H,7-9H2,1-2H3;3-4,6,8,10-11H,5,7,9H2,1-2H3/q5*+1/i14D;;13D,14D;;7D2,9D2. The molecule has 21 rings (SSSR count). The molecule has 5 heterocycles. The van der Waals surface area contributed by atoms with E-state index in [0.717, 1.165) is 95.3 Å². The van der Waals surface area contributed by atoms with Crippen LogP contribution in [-0.4, -0.2) is 0 Å². The summed E-state index contributed by atoms with van der Waals surface area (Å²) in [7, 11) is 10.4. The van der Waals surface area contributed by atoms with Crippen molar-refractivity contribution in [3.05, 3.63) is 266 Å². The molecule has 4 atom stereocenters. The first-order valence-electron chi connectivity index (χ1n) is 38.2. The lowest BCUT2D eigenvalue weighted by atomic mass is 9.63. The highest BCUT2D eigenvalue weighted by Gasteiger charge is 2.43. The highest BCUT2D eigenvalue weighted by Crippen LogP contribution is 2.55. The van der Waals surface area contributed by atoms with E-state index in [2.05, 4.69) is 213 Å². The van der Waals surface area contributed by atoms with Gasteiger partial charge in [-0.3, -0.25) is 0 Å². The number of pyridine rings is 5. The molecule has 4 unspecified atom stereocenters. The summed E-state index contributed by atoms with van der Waals surface area (Å²) in [5.41, 5.74) is 30.7. The van der Waals surface area contributed by atoms with Crippen molar-refractivity contribution in [1.82, 2.24) is 0 Å². The lowest BCUT2D eigenvalue weighted by Gasteiger charge is -2.41. The van der Waals surface area contributed by atoms with E-state index in [0.29, 0.717) is 17.5 Å². The Morgan fingerprint density at radius 3 is 1.29 bits per heavy atom. The maximum Gasteiger partial charge on any atom is 0.216 e. The Bertz CT molecular complexity index is 4860. The van der Waals surface area contributed by atoms with Crippen LogP contribution in [0.3, 0.4) is 0 Å². The number of nitrogens with zero attached hydrogens (tertiary/aromatic N) is 5. The van der Waals surface area contributed by atoms with Crippen LogP contribution in [0.5, 0.6) is 0 Å². The minimum Gasteiger partial charge on any atom is -0.201 e.